The van der Waals surface area contributed by atoms with Crippen molar-refractivity contribution < 1.29 is 4.74 Å². The summed E-state index contributed by atoms with van der Waals surface area (Å²) in [4.78, 5) is 0. The topological polar surface area (TPSA) is 39.1 Å². The van der Waals surface area contributed by atoms with Crippen LogP contribution in [0.2, 0.25) is 0 Å². The SMILES string of the molecule is CCCNC(CCOc1ccccc1)c1cnn(CC)c1. The van der Waals surface area contributed by atoms with Crippen molar-refractivity contribution in [1.82, 2.24) is 15.1 Å². The predicted molar refractivity (Wildman–Crippen MR) is 85.5 cm³/mol. The van der Waals surface area contributed by atoms with Crippen molar-refractivity contribution in [3.8, 4) is 5.75 Å². The molecular weight excluding hydrogens is 262 g/mol. The smallest absolute Gasteiger partial charge is 0.119 e. The Morgan fingerprint density at radius 2 is 2.05 bits per heavy atom. The largest absolute Gasteiger partial charge is 0.494 e. The second-order valence-electron chi connectivity index (χ2n) is 5.09. The molecule has 2 aromatic rings. The maximum atomic E-state index is 5.80. The van der Waals surface area contributed by atoms with Gasteiger partial charge in [-0.1, -0.05) is 25.1 Å². The highest BCUT2D eigenvalue weighted by Crippen LogP contribution is 2.17. The van der Waals surface area contributed by atoms with Gasteiger partial charge in [-0.2, -0.15) is 5.10 Å². The molecular formula is C17H25N3O. The van der Waals surface area contributed by atoms with Crippen molar-refractivity contribution in [3.05, 3.63) is 48.3 Å². The Bertz CT molecular complexity index is 510. The van der Waals surface area contributed by atoms with E-state index in [2.05, 4.69) is 30.5 Å². The second-order valence-corrected chi connectivity index (χ2v) is 5.09. The number of nitrogens with zero attached hydrogens (tertiary/aromatic N) is 2. The predicted octanol–water partition coefficient (Wildman–Crippen LogP) is 3.41. The van der Waals surface area contributed by atoms with Crippen molar-refractivity contribution in [1.29, 1.82) is 0 Å². The van der Waals surface area contributed by atoms with Crippen LogP contribution in [0.15, 0.2) is 42.7 Å². The molecule has 0 radical (unpaired) electrons. The average molecular weight is 287 g/mol. The van der Waals surface area contributed by atoms with E-state index in [0.29, 0.717) is 12.6 Å². The summed E-state index contributed by atoms with van der Waals surface area (Å²) in [6.07, 6.45) is 6.14. The summed E-state index contributed by atoms with van der Waals surface area (Å²) in [5.41, 5.74) is 1.24. The van der Waals surface area contributed by atoms with Crippen LogP contribution in [-0.2, 0) is 6.54 Å². The van der Waals surface area contributed by atoms with E-state index in [1.807, 2.05) is 41.2 Å². The first-order valence-corrected chi connectivity index (χ1v) is 7.77. The number of aromatic nitrogens is 2. The minimum atomic E-state index is 0.300. The summed E-state index contributed by atoms with van der Waals surface area (Å²) in [7, 11) is 0. The molecule has 0 saturated carbocycles. The highest BCUT2D eigenvalue weighted by molar-refractivity contribution is 5.21. The summed E-state index contributed by atoms with van der Waals surface area (Å²) in [5, 5.41) is 7.94. The van der Waals surface area contributed by atoms with E-state index in [4.69, 9.17) is 4.74 Å². The summed E-state index contributed by atoms with van der Waals surface area (Å²) in [5.74, 6) is 0.927. The molecule has 1 aromatic carbocycles. The van der Waals surface area contributed by atoms with Crippen LogP contribution in [0, 0.1) is 0 Å². The van der Waals surface area contributed by atoms with Crippen LogP contribution in [0.3, 0.4) is 0 Å². The van der Waals surface area contributed by atoms with E-state index in [1.54, 1.807) is 0 Å². The molecule has 0 aliphatic carbocycles. The van der Waals surface area contributed by atoms with Crippen LogP contribution in [0.5, 0.6) is 5.75 Å². The third kappa shape index (κ3) is 4.90. The quantitative estimate of drug-likeness (QED) is 0.768. The molecule has 21 heavy (non-hydrogen) atoms. The highest BCUT2D eigenvalue weighted by atomic mass is 16.5. The van der Waals surface area contributed by atoms with Crippen LogP contribution in [-0.4, -0.2) is 22.9 Å². The molecule has 1 N–H and O–H groups in total. The Kier molecular flexibility index (Phi) is 6.28. The summed E-state index contributed by atoms with van der Waals surface area (Å²) in [6, 6.07) is 10.3. The van der Waals surface area contributed by atoms with Crippen LogP contribution < -0.4 is 10.1 Å². The lowest BCUT2D eigenvalue weighted by molar-refractivity contribution is 0.286. The number of aryl methyl sites for hydroxylation is 1. The molecule has 0 saturated heterocycles. The molecule has 0 aliphatic heterocycles. The van der Waals surface area contributed by atoms with Gasteiger partial charge in [-0.15, -0.1) is 0 Å². The second kappa shape index (κ2) is 8.47. The van der Waals surface area contributed by atoms with Gasteiger partial charge in [0.25, 0.3) is 0 Å². The fraction of sp³-hybridized carbons (Fsp3) is 0.471. The molecule has 1 atom stereocenters. The maximum Gasteiger partial charge on any atom is 0.119 e. The average Bonchev–Trinajstić information content (AvgIpc) is 3.00. The lowest BCUT2D eigenvalue weighted by Gasteiger charge is -2.17. The van der Waals surface area contributed by atoms with Crippen molar-refractivity contribution in [2.24, 2.45) is 0 Å². The lowest BCUT2D eigenvalue weighted by Crippen LogP contribution is -2.23. The molecule has 2 rings (SSSR count). The third-order valence-corrected chi connectivity index (χ3v) is 3.44. The van der Waals surface area contributed by atoms with Crippen LogP contribution >= 0.6 is 0 Å². The van der Waals surface area contributed by atoms with Crippen molar-refractivity contribution in [2.45, 2.75) is 39.3 Å². The van der Waals surface area contributed by atoms with Crippen molar-refractivity contribution >= 4 is 0 Å². The van der Waals surface area contributed by atoms with Gasteiger partial charge in [0, 0.05) is 30.8 Å². The fourth-order valence-corrected chi connectivity index (χ4v) is 2.25. The first kappa shape index (κ1) is 15.6. The van der Waals surface area contributed by atoms with E-state index < -0.39 is 0 Å². The van der Waals surface area contributed by atoms with E-state index in [-0.39, 0.29) is 0 Å². The molecule has 114 valence electrons. The van der Waals surface area contributed by atoms with Crippen molar-refractivity contribution in [3.63, 3.8) is 0 Å². The third-order valence-electron chi connectivity index (χ3n) is 3.44. The number of hydrogen-bond donors (Lipinski definition) is 1. The van der Waals surface area contributed by atoms with Gasteiger partial charge in [-0.05, 0) is 32.0 Å². The van der Waals surface area contributed by atoms with Gasteiger partial charge in [-0.3, -0.25) is 4.68 Å². The van der Waals surface area contributed by atoms with Gasteiger partial charge in [0.15, 0.2) is 0 Å². The Hall–Kier alpha value is -1.81. The number of rotatable bonds is 9. The summed E-state index contributed by atoms with van der Waals surface area (Å²) >= 11 is 0. The van der Waals surface area contributed by atoms with Crippen LogP contribution in [0.1, 0.15) is 38.3 Å². The van der Waals surface area contributed by atoms with E-state index in [1.165, 1.54) is 5.56 Å². The number of para-hydroxylation sites is 1. The van der Waals surface area contributed by atoms with E-state index in [0.717, 1.165) is 31.7 Å². The van der Waals surface area contributed by atoms with Crippen LogP contribution in [0.4, 0.5) is 0 Å². The molecule has 1 unspecified atom stereocenters. The number of benzene rings is 1. The molecule has 0 spiro atoms. The summed E-state index contributed by atoms with van der Waals surface area (Å²) < 4.78 is 7.77. The van der Waals surface area contributed by atoms with E-state index in [9.17, 15) is 0 Å². The van der Waals surface area contributed by atoms with Gasteiger partial charge in [0.2, 0.25) is 0 Å². The zero-order chi connectivity index (χ0) is 14.9. The van der Waals surface area contributed by atoms with E-state index >= 15 is 0 Å². The molecule has 4 heteroatoms. The zero-order valence-corrected chi connectivity index (χ0v) is 13.0. The molecule has 0 aliphatic rings. The lowest BCUT2D eigenvalue weighted by atomic mass is 10.1. The first-order chi connectivity index (χ1) is 10.3. The highest BCUT2D eigenvalue weighted by Gasteiger charge is 2.13. The fourth-order valence-electron chi connectivity index (χ4n) is 2.25. The Labute approximate surface area is 127 Å². The normalized spacial score (nSPS) is 12.3. The molecule has 1 heterocycles. The standard InChI is InChI=1S/C17H25N3O/c1-3-11-18-17(15-13-19-20(4-2)14-15)10-12-21-16-8-6-5-7-9-16/h5-9,13-14,17-18H,3-4,10-12H2,1-2H3. The minimum Gasteiger partial charge on any atom is -0.494 e. The number of nitrogens with one attached hydrogen (secondary N) is 1. The van der Waals surface area contributed by atoms with Gasteiger partial charge in [0.1, 0.15) is 5.75 Å². The molecule has 4 nitrogen and oxygen atoms in total. The monoisotopic (exact) mass is 287 g/mol. The Morgan fingerprint density at radius 1 is 1.24 bits per heavy atom. The summed E-state index contributed by atoms with van der Waals surface area (Å²) in [6.45, 7) is 6.89. The Balaban J connectivity index is 1.90. The molecule has 0 amide bonds. The zero-order valence-electron chi connectivity index (χ0n) is 13.0. The van der Waals surface area contributed by atoms with Crippen LogP contribution in [0.25, 0.3) is 0 Å². The number of hydrogen-bond acceptors (Lipinski definition) is 3. The van der Waals surface area contributed by atoms with Gasteiger partial charge in [0.05, 0.1) is 12.8 Å². The van der Waals surface area contributed by atoms with Crippen molar-refractivity contribution in [2.75, 3.05) is 13.2 Å². The van der Waals surface area contributed by atoms with Gasteiger partial charge < -0.3 is 10.1 Å². The minimum absolute atomic E-state index is 0.300. The first-order valence-electron chi connectivity index (χ1n) is 7.77. The van der Waals surface area contributed by atoms with Gasteiger partial charge >= 0.3 is 0 Å². The Morgan fingerprint density at radius 3 is 2.71 bits per heavy atom. The maximum absolute atomic E-state index is 5.80. The molecule has 0 fully saturated rings. The van der Waals surface area contributed by atoms with Gasteiger partial charge in [-0.25, -0.2) is 0 Å². The molecule has 1 aromatic heterocycles. The molecule has 0 bridgehead atoms. The number of ether oxygens (including phenoxy) is 1.